The maximum atomic E-state index is 4.46. The fourth-order valence-electron chi connectivity index (χ4n) is 3.77. The predicted molar refractivity (Wildman–Crippen MR) is 119 cm³/mol. The van der Waals surface area contributed by atoms with E-state index >= 15 is 0 Å². The largest absolute Gasteiger partial charge is 0.295 e. The Bertz CT molecular complexity index is 786. The number of piperidine rings is 1. The maximum absolute atomic E-state index is 4.46. The van der Waals surface area contributed by atoms with Crippen molar-refractivity contribution in [2.24, 2.45) is 5.92 Å². The highest BCUT2D eigenvalue weighted by Gasteiger charge is 2.21. The summed E-state index contributed by atoms with van der Waals surface area (Å²) in [5.74, 6) is 0.704. The van der Waals surface area contributed by atoms with Crippen molar-refractivity contribution >= 4 is 6.08 Å². The summed E-state index contributed by atoms with van der Waals surface area (Å²) in [5.41, 5.74) is 7.88. The molecule has 0 radical (unpaired) electrons. The van der Waals surface area contributed by atoms with Gasteiger partial charge in [0.2, 0.25) is 0 Å². The van der Waals surface area contributed by atoms with Gasteiger partial charge in [-0.2, -0.15) is 0 Å². The number of likely N-dealkylation sites (tertiary alicyclic amines) is 1. The van der Waals surface area contributed by atoms with Gasteiger partial charge in [0.15, 0.2) is 0 Å². The summed E-state index contributed by atoms with van der Waals surface area (Å²) in [6, 6.07) is 8.91. The van der Waals surface area contributed by atoms with Crippen LogP contribution in [0.4, 0.5) is 0 Å². The summed E-state index contributed by atoms with van der Waals surface area (Å²) in [6.45, 7) is 14.2. The molecule has 0 amide bonds. The first-order valence-electron chi connectivity index (χ1n) is 10.4. The fourth-order valence-corrected chi connectivity index (χ4v) is 3.77. The van der Waals surface area contributed by atoms with Crippen LogP contribution in [0.2, 0.25) is 0 Å². The van der Waals surface area contributed by atoms with E-state index in [2.05, 4.69) is 86.9 Å². The molecule has 1 aliphatic heterocycles. The number of nitrogens with zero attached hydrogens (tertiary/aromatic N) is 1. The Labute approximate surface area is 165 Å². The second kappa shape index (κ2) is 9.19. The van der Waals surface area contributed by atoms with Gasteiger partial charge in [-0.05, 0) is 71.2 Å². The minimum Gasteiger partial charge on any atom is -0.295 e. The van der Waals surface area contributed by atoms with Gasteiger partial charge in [-0.1, -0.05) is 75.9 Å². The van der Waals surface area contributed by atoms with Crippen molar-refractivity contribution in [1.82, 2.24) is 4.90 Å². The molecule has 1 aromatic rings. The number of hydrogen-bond acceptors (Lipinski definition) is 1. The second-order valence-electron chi connectivity index (χ2n) is 7.68. The summed E-state index contributed by atoms with van der Waals surface area (Å²) in [5, 5.41) is 0. The molecule has 0 N–H and O–H groups in total. The van der Waals surface area contributed by atoms with Gasteiger partial charge in [0.25, 0.3) is 0 Å². The Balaban J connectivity index is 1.84. The van der Waals surface area contributed by atoms with Gasteiger partial charge < -0.3 is 0 Å². The maximum Gasteiger partial charge on any atom is 0.0243 e. The van der Waals surface area contributed by atoms with Gasteiger partial charge in [-0.15, -0.1) is 0 Å². The highest BCUT2D eigenvalue weighted by molar-refractivity contribution is 5.65. The van der Waals surface area contributed by atoms with Crippen LogP contribution in [0.3, 0.4) is 0 Å². The van der Waals surface area contributed by atoms with Crippen molar-refractivity contribution in [3.05, 3.63) is 88.6 Å². The molecular formula is C26H33N. The lowest BCUT2D eigenvalue weighted by atomic mass is 9.89. The number of benzene rings is 1. The summed E-state index contributed by atoms with van der Waals surface area (Å²) < 4.78 is 0. The minimum absolute atomic E-state index is 0.704. The molecule has 1 aliphatic carbocycles. The first kappa shape index (κ1) is 19.6. The zero-order valence-corrected chi connectivity index (χ0v) is 17.2. The van der Waals surface area contributed by atoms with Crippen LogP contribution in [0.5, 0.6) is 0 Å². The molecule has 1 nitrogen and oxygen atoms in total. The van der Waals surface area contributed by atoms with Crippen LogP contribution in [-0.2, 0) is 6.42 Å². The lowest BCUT2D eigenvalue weighted by molar-refractivity contribution is 0.331. The normalized spacial score (nSPS) is 23.9. The molecule has 0 saturated carbocycles. The molecular weight excluding hydrogens is 326 g/mol. The van der Waals surface area contributed by atoms with Gasteiger partial charge >= 0.3 is 0 Å². The van der Waals surface area contributed by atoms with Crippen LogP contribution < -0.4 is 0 Å². The molecule has 1 unspecified atom stereocenters. The first-order chi connectivity index (χ1) is 13.1. The van der Waals surface area contributed by atoms with Crippen LogP contribution in [0.25, 0.3) is 6.08 Å². The van der Waals surface area contributed by atoms with Crippen molar-refractivity contribution in [1.29, 1.82) is 0 Å². The van der Waals surface area contributed by atoms with Crippen LogP contribution in [0.15, 0.2) is 77.4 Å². The zero-order chi connectivity index (χ0) is 19.2. The quantitative estimate of drug-likeness (QED) is 0.591. The SMILES string of the molecule is C=C1C(=CC2=CCC(CC)C=C2)CN(CC)CC1=Cc1ccc(CC)cc1. The van der Waals surface area contributed by atoms with E-state index in [-0.39, 0.29) is 0 Å². The van der Waals surface area contributed by atoms with E-state index in [1.54, 1.807) is 0 Å². The Morgan fingerprint density at radius 3 is 2.30 bits per heavy atom. The van der Waals surface area contributed by atoms with E-state index in [0.717, 1.165) is 32.5 Å². The summed E-state index contributed by atoms with van der Waals surface area (Å²) >= 11 is 0. The van der Waals surface area contributed by atoms with Crippen molar-refractivity contribution in [2.75, 3.05) is 19.6 Å². The average molecular weight is 360 g/mol. The molecule has 2 aliphatic rings. The second-order valence-corrected chi connectivity index (χ2v) is 7.68. The van der Waals surface area contributed by atoms with Crippen molar-refractivity contribution in [3.63, 3.8) is 0 Å². The highest BCUT2D eigenvalue weighted by Crippen LogP contribution is 2.30. The van der Waals surface area contributed by atoms with E-state index in [4.69, 9.17) is 0 Å². The van der Waals surface area contributed by atoms with Gasteiger partial charge in [0.05, 0.1) is 0 Å². The molecule has 1 saturated heterocycles. The van der Waals surface area contributed by atoms with Crippen LogP contribution in [0, 0.1) is 5.92 Å². The van der Waals surface area contributed by atoms with Gasteiger partial charge in [-0.3, -0.25) is 4.90 Å². The molecule has 1 heteroatoms. The Morgan fingerprint density at radius 1 is 1.04 bits per heavy atom. The van der Waals surface area contributed by atoms with Gasteiger partial charge in [-0.25, -0.2) is 0 Å². The van der Waals surface area contributed by atoms with Crippen LogP contribution in [-0.4, -0.2) is 24.5 Å². The molecule has 142 valence electrons. The third kappa shape index (κ3) is 4.99. The number of allylic oxidation sites excluding steroid dienone is 5. The Kier molecular flexibility index (Phi) is 6.68. The van der Waals surface area contributed by atoms with Crippen LogP contribution in [0.1, 0.15) is 44.7 Å². The molecule has 1 atom stereocenters. The Hall–Kier alpha value is -2.12. The number of hydrogen-bond donors (Lipinski definition) is 0. The molecule has 0 aromatic heterocycles. The van der Waals surface area contributed by atoms with Crippen molar-refractivity contribution in [2.45, 2.75) is 40.0 Å². The van der Waals surface area contributed by atoms with Gasteiger partial charge in [0.1, 0.15) is 0 Å². The smallest absolute Gasteiger partial charge is 0.0243 e. The molecule has 1 heterocycles. The monoisotopic (exact) mass is 359 g/mol. The van der Waals surface area contributed by atoms with E-state index in [1.165, 1.54) is 39.8 Å². The number of rotatable bonds is 5. The molecule has 1 fully saturated rings. The number of aryl methyl sites for hydroxylation is 1. The summed E-state index contributed by atoms with van der Waals surface area (Å²) in [6.07, 6.45) is 15.2. The molecule has 0 bridgehead atoms. The molecule has 3 rings (SSSR count). The Morgan fingerprint density at radius 2 is 1.74 bits per heavy atom. The van der Waals surface area contributed by atoms with Gasteiger partial charge in [0, 0.05) is 13.1 Å². The lowest BCUT2D eigenvalue weighted by Crippen LogP contribution is -2.33. The zero-order valence-electron chi connectivity index (χ0n) is 17.2. The van der Waals surface area contributed by atoms with Crippen molar-refractivity contribution in [3.8, 4) is 0 Å². The fraction of sp³-hybridized carbons (Fsp3) is 0.385. The molecule has 27 heavy (non-hydrogen) atoms. The topological polar surface area (TPSA) is 3.24 Å². The standard InChI is InChI=1S/C26H33N/c1-5-21-8-12-23(13-9-21)16-25-18-27(7-3)19-26(20(25)4)17-24-14-10-22(6-2)11-15-24/h8-10,12-17,22H,4-7,11,18-19H2,1-3H3. The van der Waals surface area contributed by atoms with E-state index in [0.29, 0.717) is 5.92 Å². The molecule has 1 aromatic carbocycles. The van der Waals surface area contributed by atoms with Crippen molar-refractivity contribution < 1.29 is 0 Å². The van der Waals surface area contributed by atoms with E-state index < -0.39 is 0 Å². The minimum atomic E-state index is 0.704. The third-order valence-corrected chi connectivity index (χ3v) is 5.82. The predicted octanol–water partition coefficient (Wildman–Crippen LogP) is 6.36. The first-order valence-corrected chi connectivity index (χ1v) is 10.4. The third-order valence-electron chi connectivity index (χ3n) is 5.82. The number of likely N-dealkylation sites (N-methyl/N-ethyl adjacent to an activating group) is 1. The average Bonchev–Trinajstić information content (AvgIpc) is 2.72. The lowest BCUT2D eigenvalue weighted by Gasteiger charge is -2.31. The van der Waals surface area contributed by atoms with E-state index in [1.807, 2.05) is 0 Å². The van der Waals surface area contributed by atoms with E-state index in [9.17, 15) is 0 Å². The van der Waals surface area contributed by atoms with Crippen LogP contribution >= 0.6 is 0 Å². The summed E-state index contributed by atoms with van der Waals surface area (Å²) in [4.78, 5) is 2.49. The molecule has 0 spiro atoms. The summed E-state index contributed by atoms with van der Waals surface area (Å²) in [7, 11) is 0. The highest BCUT2D eigenvalue weighted by atomic mass is 15.1.